The van der Waals surface area contributed by atoms with E-state index in [0.29, 0.717) is 5.76 Å². The van der Waals surface area contributed by atoms with Crippen LogP contribution in [0, 0.1) is 21.7 Å². The molecule has 0 aliphatic rings. The molecule has 2 aromatic rings. The molecule has 0 spiro atoms. The van der Waals surface area contributed by atoms with Gasteiger partial charge in [-0.1, -0.05) is 88.2 Å². The number of rotatable bonds is 4. The molecule has 0 bridgehead atoms. The molecule has 2 rings (SSSR count). The summed E-state index contributed by atoms with van der Waals surface area (Å²) < 4.78 is 9.46. The van der Waals surface area contributed by atoms with Crippen LogP contribution in [0.15, 0.2) is 16.7 Å². The Morgan fingerprint density at radius 1 is 0.750 bits per heavy atom. The van der Waals surface area contributed by atoms with E-state index in [1.54, 1.807) is 6.07 Å². The van der Waals surface area contributed by atoms with Gasteiger partial charge in [0.2, 0.25) is 11.5 Å². The Morgan fingerprint density at radius 3 is 1.66 bits per heavy atom. The van der Waals surface area contributed by atoms with E-state index in [4.69, 9.17) is 4.52 Å². The summed E-state index contributed by atoms with van der Waals surface area (Å²) in [5.74, 6) is 0.553. The van der Waals surface area contributed by atoms with Crippen LogP contribution in [-0.2, 0) is 12.8 Å². The van der Waals surface area contributed by atoms with Crippen LogP contribution in [-0.4, -0.2) is 21.1 Å². The lowest BCUT2D eigenvalue weighted by atomic mass is 9.88. The predicted molar refractivity (Wildman–Crippen MR) is 133 cm³/mol. The Kier molecular flexibility index (Phi) is 8.80. The first-order chi connectivity index (χ1) is 14.2. The first-order valence-corrected chi connectivity index (χ1v) is 12.0. The van der Waals surface area contributed by atoms with Crippen molar-refractivity contribution in [3.05, 3.63) is 34.2 Å². The molecule has 2 aromatic heterocycles. The first-order valence-electron chi connectivity index (χ1n) is 11.2. The van der Waals surface area contributed by atoms with E-state index in [1.165, 1.54) is 11.5 Å². The Hall–Kier alpha value is -1.82. The fourth-order valence-electron chi connectivity index (χ4n) is 2.83. The highest BCUT2D eigenvalue weighted by molar-refractivity contribution is 7.08. The van der Waals surface area contributed by atoms with Gasteiger partial charge in [0, 0.05) is 16.9 Å². The molecule has 0 aliphatic heterocycles. The van der Waals surface area contributed by atoms with Gasteiger partial charge in [-0.05, 0) is 41.3 Å². The van der Waals surface area contributed by atoms with Gasteiger partial charge in [-0.2, -0.15) is 4.37 Å². The maximum Gasteiger partial charge on any atom is 0.206 e. The lowest BCUT2D eigenvalue weighted by Gasteiger charge is -2.16. The fraction of sp³-hybridized carbons (Fsp3) is 0.692. The minimum Gasteiger partial charge on any atom is -0.353 e. The average molecular weight is 463 g/mol. The van der Waals surface area contributed by atoms with Crippen molar-refractivity contribution in [1.82, 2.24) is 9.53 Å². The summed E-state index contributed by atoms with van der Waals surface area (Å²) in [7, 11) is 0. The molecule has 180 valence electrons. The third-order valence-electron chi connectivity index (χ3n) is 4.35. The second kappa shape index (κ2) is 9.98. The second-order valence-corrected chi connectivity index (χ2v) is 13.8. The minimum atomic E-state index is -0.418. The molecule has 32 heavy (non-hydrogen) atoms. The maximum absolute atomic E-state index is 12.0. The van der Waals surface area contributed by atoms with Crippen molar-refractivity contribution in [1.29, 1.82) is 0 Å². The highest BCUT2D eigenvalue weighted by Crippen LogP contribution is 2.27. The van der Waals surface area contributed by atoms with Crippen LogP contribution >= 0.6 is 11.5 Å². The van der Waals surface area contributed by atoms with E-state index in [2.05, 4.69) is 51.1 Å². The third-order valence-corrected chi connectivity index (χ3v) is 5.18. The molecule has 0 saturated heterocycles. The van der Waals surface area contributed by atoms with Crippen LogP contribution in [0.25, 0.3) is 0 Å². The molecule has 0 aliphatic carbocycles. The standard InChI is InChI=1S/C13H21NO2.C13H21NOS/c2*1-12(2,3)8-9-7-10(16-14-9)11(15)13(4,5)6/h2*7H,8H2,1-6H3. The van der Waals surface area contributed by atoms with Crippen molar-refractivity contribution in [2.75, 3.05) is 0 Å². The van der Waals surface area contributed by atoms with Gasteiger partial charge in [0.05, 0.1) is 16.3 Å². The minimum absolute atomic E-state index is 0.000147. The molecule has 5 nitrogen and oxygen atoms in total. The van der Waals surface area contributed by atoms with Gasteiger partial charge in [0.25, 0.3) is 0 Å². The molecule has 0 fully saturated rings. The van der Waals surface area contributed by atoms with Gasteiger partial charge < -0.3 is 4.52 Å². The van der Waals surface area contributed by atoms with Gasteiger partial charge >= 0.3 is 0 Å². The highest BCUT2D eigenvalue weighted by Gasteiger charge is 2.27. The van der Waals surface area contributed by atoms with Gasteiger partial charge in [-0.25, -0.2) is 0 Å². The zero-order valence-electron chi connectivity index (χ0n) is 22.1. The van der Waals surface area contributed by atoms with Gasteiger partial charge in [-0.15, -0.1) is 0 Å². The monoisotopic (exact) mass is 462 g/mol. The maximum atomic E-state index is 12.0. The number of nitrogens with zero attached hydrogens (tertiary/aromatic N) is 2. The van der Waals surface area contributed by atoms with Gasteiger partial charge in [0.1, 0.15) is 0 Å². The smallest absolute Gasteiger partial charge is 0.206 e. The Morgan fingerprint density at radius 2 is 1.22 bits per heavy atom. The quantitative estimate of drug-likeness (QED) is 0.441. The van der Waals surface area contributed by atoms with E-state index < -0.39 is 5.41 Å². The third kappa shape index (κ3) is 9.76. The number of carbonyl (C=O) groups excluding carboxylic acids is 2. The number of Topliss-reactive ketones (excluding diaryl/α,β-unsaturated/α-hetero) is 2. The molecule has 0 saturated carbocycles. The van der Waals surface area contributed by atoms with Crippen LogP contribution < -0.4 is 0 Å². The predicted octanol–water partition coefficient (Wildman–Crippen LogP) is 7.45. The van der Waals surface area contributed by atoms with Crippen LogP contribution in [0.3, 0.4) is 0 Å². The van der Waals surface area contributed by atoms with Crippen molar-refractivity contribution >= 4 is 23.1 Å². The van der Waals surface area contributed by atoms with Crippen molar-refractivity contribution in [3.63, 3.8) is 0 Å². The molecule has 2 heterocycles. The van der Waals surface area contributed by atoms with E-state index in [-0.39, 0.29) is 27.8 Å². The van der Waals surface area contributed by atoms with Gasteiger partial charge in [0.15, 0.2) is 5.78 Å². The lowest BCUT2D eigenvalue weighted by Crippen LogP contribution is -2.19. The Balaban J connectivity index is 0.000000320. The molecule has 0 N–H and O–H groups in total. The summed E-state index contributed by atoms with van der Waals surface area (Å²) in [6.07, 6.45) is 1.73. The zero-order chi connectivity index (χ0) is 25.1. The number of aromatic nitrogens is 2. The van der Waals surface area contributed by atoms with Crippen LogP contribution in [0.2, 0.25) is 0 Å². The molecule has 0 amide bonds. The molecule has 0 aromatic carbocycles. The summed E-state index contributed by atoms with van der Waals surface area (Å²) in [6.45, 7) is 24.4. The summed E-state index contributed by atoms with van der Waals surface area (Å²) >= 11 is 1.33. The van der Waals surface area contributed by atoms with E-state index >= 15 is 0 Å². The van der Waals surface area contributed by atoms with Crippen LogP contribution in [0.5, 0.6) is 0 Å². The summed E-state index contributed by atoms with van der Waals surface area (Å²) in [6, 6.07) is 3.71. The Labute approximate surface area is 198 Å². The topological polar surface area (TPSA) is 73.1 Å². The molecule has 0 atom stereocenters. The molecular weight excluding hydrogens is 420 g/mol. The van der Waals surface area contributed by atoms with E-state index in [1.807, 2.05) is 47.6 Å². The largest absolute Gasteiger partial charge is 0.353 e. The number of ketones is 2. The molecular formula is C26H42N2O3S. The van der Waals surface area contributed by atoms with E-state index in [0.717, 1.165) is 29.1 Å². The average Bonchev–Trinajstić information content (AvgIpc) is 3.18. The molecule has 0 radical (unpaired) electrons. The van der Waals surface area contributed by atoms with Gasteiger partial charge in [-0.3, -0.25) is 9.59 Å². The van der Waals surface area contributed by atoms with Crippen molar-refractivity contribution in [3.8, 4) is 0 Å². The van der Waals surface area contributed by atoms with E-state index in [9.17, 15) is 9.59 Å². The Bertz CT molecular complexity index is 834. The molecule has 0 unspecified atom stereocenters. The molecule has 6 heteroatoms. The second-order valence-electron chi connectivity index (χ2n) is 13.0. The number of carbonyl (C=O) groups is 2. The van der Waals surface area contributed by atoms with Crippen molar-refractivity contribution in [2.45, 2.75) is 95.9 Å². The summed E-state index contributed by atoms with van der Waals surface area (Å²) in [5, 5.41) is 3.94. The van der Waals surface area contributed by atoms with Crippen molar-refractivity contribution < 1.29 is 14.1 Å². The lowest BCUT2D eigenvalue weighted by molar-refractivity contribution is 0.0818. The van der Waals surface area contributed by atoms with Crippen LogP contribution in [0.4, 0.5) is 0 Å². The van der Waals surface area contributed by atoms with Crippen LogP contribution in [0.1, 0.15) is 115 Å². The normalized spacial score (nSPS) is 12.9. The number of hydrogen-bond acceptors (Lipinski definition) is 6. The zero-order valence-corrected chi connectivity index (χ0v) is 22.9. The first kappa shape index (κ1) is 28.2. The van der Waals surface area contributed by atoms with Crippen molar-refractivity contribution in [2.24, 2.45) is 21.7 Å². The SMILES string of the molecule is CC(C)(C)Cc1cc(C(=O)C(C)(C)C)on1.CC(C)(C)Cc1cc(C(=O)C(C)(C)C)sn1. The number of hydrogen-bond donors (Lipinski definition) is 0. The highest BCUT2D eigenvalue weighted by atomic mass is 32.1. The summed E-state index contributed by atoms with van der Waals surface area (Å²) in [5.41, 5.74) is 1.52. The fourth-order valence-corrected chi connectivity index (χ4v) is 3.74. The summed E-state index contributed by atoms with van der Waals surface area (Å²) in [4.78, 5) is 24.7.